The molecule has 3 rings (SSSR count). The number of hydrogen-bond donors (Lipinski definition) is 2. The molecule has 0 saturated carbocycles. The van der Waals surface area contributed by atoms with Crippen LogP contribution in [-0.4, -0.2) is 18.2 Å². The van der Waals surface area contributed by atoms with Crippen LogP contribution < -0.4 is 14.8 Å². The number of carboxylic acids is 1. The second kappa shape index (κ2) is 9.69. The lowest BCUT2D eigenvalue weighted by Crippen LogP contribution is -2.05. The molecule has 0 saturated heterocycles. The van der Waals surface area contributed by atoms with Gasteiger partial charge in [-0.1, -0.05) is 41.4 Å². The molecule has 0 spiro atoms. The van der Waals surface area contributed by atoms with Crippen LogP contribution in [-0.2, 0) is 13.2 Å². The highest BCUT2D eigenvalue weighted by atomic mass is 35.5. The molecule has 0 atom stereocenters. The molecule has 0 amide bonds. The zero-order chi connectivity index (χ0) is 21.7. The van der Waals surface area contributed by atoms with E-state index in [-0.39, 0.29) is 23.0 Å². The van der Waals surface area contributed by atoms with Crippen molar-refractivity contribution in [3.05, 3.63) is 87.2 Å². The van der Waals surface area contributed by atoms with Crippen LogP contribution in [0.4, 0.5) is 10.1 Å². The predicted octanol–water partition coefficient (Wildman–Crippen LogP) is 6.03. The van der Waals surface area contributed by atoms with Gasteiger partial charge in [-0.2, -0.15) is 0 Å². The van der Waals surface area contributed by atoms with Gasteiger partial charge in [0.05, 0.1) is 17.7 Å². The van der Waals surface area contributed by atoms with Crippen LogP contribution >= 0.6 is 23.2 Å². The largest absolute Gasteiger partial charge is 0.493 e. The number of benzene rings is 3. The van der Waals surface area contributed by atoms with Crippen LogP contribution in [0.15, 0.2) is 54.6 Å². The van der Waals surface area contributed by atoms with E-state index >= 15 is 0 Å². The van der Waals surface area contributed by atoms with Crippen molar-refractivity contribution in [1.82, 2.24) is 0 Å². The maximum Gasteiger partial charge on any atom is 0.337 e. The minimum absolute atomic E-state index is 0.00207. The quantitative estimate of drug-likeness (QED) is 0.439. The minimum atomic E-state index is -1.11. The predicted molar refractivity (Wildman–Crippen MR) is 114 cm³/mol. The maximum absolute atomic E-state index is 13.8. The molecule has 30 heavy (non-hydrogen) atoms. The third kappa shape index (κ3) is 5.14. The maximum atomic E-state index is 13.8. The summed E-state index contributed by atoms with van der Waals surface area (Å²) in [6.45, 7) is 0.336. The number of aromatic carboxylic acids is 1. The van der Waals surface area contributed by atoms with Crippen molar-refractivity contribution in [3.8, 4) is 11.5 Å². The number of carboxylic acid groups (broad SMARTS) is 1. The highest BCUT2D eigenvalue weighted by Crippen LogP contribution is 2.34. The van der Waals surface area contributed by atoms with Gasteiger partial charge in [0.2, 0.25) is 0 Å². The van der Waals surface area contributed by atoms with Gasteiger partial charge in [-0.25, -0.2) is 9.18 Å². The van der Waals surface area contributed by atoms with Crippen LogP contribution in [0.2, 0.25) is 10.0 Å². The van der Waals surface area contributed by atoms with Gasteiger partial charge >= 0.3 is 5.97 Å². The Hall–Kier alpha value is -2.96. The van der Waals surface area contributed by atoms with Crippen molar-refractivity contribution in [2.24, 2.45) is 0 Å². The molecule has 0 bridgehead atoms. The summed E-state index contributed by atoms with van der Waals surface area (Å²) in [5.74, 6) is -0.643. The van der Waals surface area contributed by atoms with Gasteiger partial charge in [-0.05, 0) is 35.9 Å². The van der Waals surface area contributed by atoms with E-state index in [2.05, 4.69) is 5.32 Å². The molecule has 3 aromatic rings. The van der Waals surface area contributed by atoms with E-state index in [1.165, 1.54) is 25.3 Å². The van der Waals surface area contributed by atoms with E-state index in [9.17, 15) is 14.3 Å². The molecule has 0 aromatic heterocycles. The molecule has 8 heteroatoms. The monoisotopic (exact) mass is 449 g/mol. The third-order valence-corrected chi connectivity index (χ3v) is 5.03. The first-order valence-electron chi connectivity index (χ1n) is 8.88. The first kappa shape index (κ1) is 21.7. The Balaban J connectivity index is 1.74. The van der Waals surface area contributed by atoms with Gasteiger partial charge in [-0.15, -0.1) is 0 Å². The summed E-state index contributed by atoms with van der Waals surface area (Å²) in [5, 5.41) is 12.9. The highest BCUT2D eigenvalue weighted by molar-refractivity contribution is 6.33. The SMILES string of the molecule is COc1cc(CNc2ccc(Cl)c(C(=O)O)c2)c(Cl)cc1OCc1ccccc1F. The Labute approximate surface area is 183 Å². The fourth-order valence-electron chi connectivity index (χ4n) is 2.75. The molecule has 0 unspecified atom stereocenters. The molecule has 3 aromatic carbocycles. The summed E-state index contributed by atoms with van der Waals surface area (Å²) in [6, 6.07) is 14.3. The summed E-state index contributed by atoms with van der Waals surface area (Å²) >= 11 is 12.3. The van der Waals surface area contributed by atoms with Gasteiger partial charge < -0.3 is 19.9 Å². The normalized spacial score (nSPS) is 10.5. The highest BCUT2D eigenvalue weighted by Gasteiger charge is 2.13. The fourth-order valence-corrected chi connectivity index (χ4v) is 3.17. The van der Waals surface area contributed by atoms with Crippen molar-refractivity contribution in [3.63, 3.8) is 0 Å². The minimum Gasteiger partial charge on any atom is -0.493 e. The first-order valence-corrected chi connectivity index (χ1v) is 9.64. The van der Waals surface area contributed by atoms with Crippen molar-refractivity contribution in [1.29, 1.82) is 0 Å². The Morgan fingerprint density at radius 2 is 1.80 bits per heavy atom. The van der Waals surface area contributed by atoms with Gasteiger partial charge in [-0.3, -0.25) is 0 Å². The zero-order valence-corrected chi connectivity index (χ0v) is 17.4. The van der Waals surface area contributed by atoms with Gasteiger partial charge in [0.15, 0.2) is 11.5 Å². The van der Waals surface area contributed by atoms with Crippen molar-refractivity contribution in [2.45, 2.75) is 13.2 Å². The average Bonchev–Trinajstić information content (AvgIpc) is 2.73. The summed E-state index contributed by atoms with van der Waals surface area (Å²) in [7, 11) is 1.49. The second-order valence-electron chi connectivity index (χ2n) is 6.33. The Morgan fingerprint density at radius 1 is 1.03 bits per heavy atom. The van der Waals surface area contributed by atoms with Gasteiger partial charge in [0.1, 0.15) is 12.4 Å². The van der Waals surface area contributed by atoms with Gasteiger partial charge in [0, 0.05) is 28.9 Å². The standard InChI is InChI=1S/C22H18Cl2FNO4/c1-29-20-8-14(11-26-15-6-7-17(23)16(9-15)22(27)28)18(24)10-21(20)30-12-13-4-2-3-5-19(13)25/h2-10,26H,11-12H2,1H3,(H,27,28). The van der Waals surface area contributed by atoms with Gasteiger partial charge in [0.25, 0.3) is 0 Å². The van der Waals surface area contributed by atoms with Crippen molar-refractivity contribution >= 4 is 34.9 Å². The number of rotatable bonds is 8. The molecule has 156 valence electrons. The Kier molecular flexibility index (Phi) is 7.03. The molecule has 0 heterocycles. The Morgan fingerprint density at radius 3 is 2.50 bits per heavy atom. The lowest BCUT2D eigenvalue weighted by Gasteiger charge is -2.15. The number of methoxy groups -OCH3 is 1. The van der Waals surface area contributed by atoms with Crippen LogP contribution in [0.1, 0.15) is 21.5 Å². The smallest absolute Gasteiger partial charge is 0.337 e. The van der Waals surface area contributed by atoms with Crippen LogP contribution in [0.5, 0.6) is 11.5 Å². The number of anilines is 1. The summed E-state index contributed by atoms with van der Waals surface area (Å²) in [5.41, 5.74) is 1.70. The van der Waals surface area contributed by atoms with Crippen LogP contribution in [0.3, 0.4) is 0 Å². The third-order valence-electron chi connectivity index (χ3n) is 4.35. The molecule has 0 aliphatic carbocycles. The van der Waals surface area contributed by atoms with E-state index in [0.29, 0.717) is 39.9 Å². The molecular formula is C22H18Cl2FNO4. The fraction of sp³-hybridized carbons (Fsp3) is 0.136. The van der Waals surface area contributed by atoms with E-state index in [1.807, 2.05) is 0 Å². The Bertz CT molecular complexity index is 1070. The van der Waals surface area contributed by atoms with E-state index in [0.717, 1.165) is 0 Å². The average molecular weight is 450 g/mol. The number of carbonyl (C=O) groups is 1. The summed E-state index contributed by atoms with van der Waals surface area (Å²) < 4.78 is 24.9. The molecule has 0 aliphatic rings. The molecular weight excluding hydrogens is 432 g/mol. The number of nitrogens with one attached hydrogen (secondary N) is 1. The van der Waals surface area contributed by atoms with Crippen LogP contribution in [0, 0.1) is 5.82 Å². The molecule has 0 radical (unpaired) electrons. The number of ether oxygens (including phenoxy) is 2. The van der Waals surface area contributed by atoms with E-state index < -0.39 is 5.97 Å². The topological polar surface area (TPSA) is 67.8 Å². The van der Waals surface area contributed by atoms with E-state index in [4.69, 9.17) is 32.7 Å². The lowest BCUT2D eigenvalue weighted by molar-refractivity contribution is 0.0697. The van der Waals surface area contributed by atoms with E-state index in [1.54, 1.807) is 36.4 Å². The number of halogens is 3. The second-order valence-corrected chi connectivity index (χ2v) is 7.14. The van der Waals surface area contributed by atoms with Crippen molar-refractivity contribution in [2.75, 3.05) is 12.4 Å². The number of hydrogen-bond acceptors (Lipinski definition) is 4. The summed E-state index contributed by atoms with van der Waals surface area (Å²) in [6.07, 6.45) is 0. The molecule has 2 N–H and O–H groups in total. The zero-order valence-electron chi connectivity index (χ0n) is 15.9. The van der Waals surface area contributed by atoms with Crippen molar-refractivity contribution < 1.29 is 23.8 Å². The summed E-state index contributed by atoms with van der Waals surface area (Å²) in [4.78, 5) is 11.2. The lowest BCUT2D eigenvalue weighted by atomic mass is 10.1. The first-order chi connectivity index (χ1) is 14.4. The molecule has 0 aliphatic heterocycles. The van der Waals surface area contributed by atoms with Crippen LogP contribution in [0.25, 0.3) is 0 Å². The molecule has 0 fully saturated rings. The molecule has 5 nitrogen and oxygen atoms in total.